The molecule has 1 aromatic carbocycles. The highest BCUT2D eigenvalue weighted by atomic mass is 35.5. The third kappa shape index (κ3) is 2.74. The van der Waals surface area contributed by atoms with Gasteiger partial charge in [-0.25, -0.2) is 4.98 Å². The number of hydrogen-bond acceptors (Lipinski definition) is 4. The molecule has 0 fully saturated rings. The van der Waals surface area contributed by atoms with Crippen molar-refractivity contribution < 1.29 is 12.6 Å². The molecule has 102 valence electrons. The number of aromatic nitrogens is 2. The lowest BCUT2D eigenvalue weighted by atomic mass is 10.1. The molecule has 2 aromatic rings. The molecule has 0 radical (unpaired) electrons. The van der Waals surface area contributed by atoms with Crippen molar-refractivity contribution in [3.8, 4) is 5.75 Å². The van der Waals surface area contributed by atoms with Crippen LogP contribution in [0.1, 0.15) is 11.1 Å². The highest BCUT2D eigenvalue weighted by molar-refractivity contribution is 7.87. The molecule has 0 N–H and O–H groups in total. The third-order valence-corrected chi connectivity index (χ3v) is 4.34. The fourth-order valence-corrected chi connectivity index (χ4v) is 2.91. The van der Waals surface area contributed by atoms with Crippen molar-refractivity contribution in [1.29, 1.82) is 0 Å². The van der Waals surface area contributed by atoms with Crippen LogP contribution in [0.3, 0.4) is 0 Å². The molecule has 0 bridgehead atoms. The Bertz CT molecular complexity index is 723. The number of aryl methyl sites for hydroxylation is 3. The predicted molar refractivity (Wildman–Crippen MR) is 71.9 cm³/mol. The number of imidazole rings is 1. The molecule has 0 atom stereocenters. The summed E-state index contributed by atoms with van der Waals surface area (Å²) in [5, 5.41) is -0.261. The summed E-state index contributed by atoms with van der Waals surface area (Å²) >= 11 is 5.87. The first-order valence-electron chi connectivity index (χ1n) is 5.50. The van der Waals surface area contributed by atoms with Gasteiger partial charge in [0.05, 0.1) is 6.33 Å². The Morgan fingerprint density at radius 1 is 1.32 bits per heavy atom. The van der Waals surface area contributed by atoms with E-state index in [0.717, 1.165) is 11.1 Å². The molecule has 0 aliphatic carbocycles. The van der Waals surface area contributed by atoms with Crippen LogP contribution >= 0.6 is 11.6 Å². The van der Waals surface area contributed by atoms with Crippen LogP contribution < -0.4 is 4.18 Å². The summed E-state index contributed by atoms with van der Waals surface area (Å²) in [5.74, 6) is 0.279. The van der Waals surface area contributed by atoms with E-state index in [9.17, 15) is 8.42 Å². The quantitative estimate of drug-likeness (QED) is 0.817. The van der Waals surface area contributed by atoms with Gasteiger partial charge in [-0.05, 0) is 31.0 Å². The first kappa shape index (κ1) is 13.9. The number of nitrogens with zero attached hydrogens (tertiary/aromatic N) is 2. The first-order valence-corrected chi connectivity index (χ1v) is 7.28. The number of halogens is 1. The second-order valence-corrected chi connectivity index (χ2v) is 6.08. The molecular weight excluding hydrogens is 288 g/mol. The largest absolute Gasteiger partial charge is 0.378 e. The van der Waals surface area contributed by atoms with Gasteiger partial charge in [0.15, 0.2) is 5.15 Å². The summed E-state index contributed by atoms with van der Waals surface area (Å²) in [6, 6.07) is 5.33. The molecule has 19 heavy (non-hydrogen) atoms. The van der Waals surface area contributed by atoms with E-state index >= 15 is 0 Å². The van der Waals surface area contributed by atoms with Crippen molar-refractivity contribution in [3.63, 3.8) is 0 Å². The lowest BCUT2D eigenvalue weighted by molar-refractivity contribution is 0.481. The van der Waals surface area contributed by atoms with Crippen molar-refractivity contribution in [2.45, 2.75) is 18.9 Å². The highest BCUT2D eigenvalue weighted by Crippen LogP contribution is 2.26. The summed E-state index contributed by atoms with van der Waals surface area (Å²) in [7, 11) is -2.42. The molecule has 0 spiro atoms. The van der Waals surface area contributed by atoms with Crippen molar-refractivity contribution in [2.75, 3.05) is 0 Å². The smallest absolute Gasteiger partial charge is 0.360 e. The zero-order chi connectivity index (χ0) is 14.2. The maximum atomic E-state index is 12.1. The minimum atomic E-state index is -4.03. The average Bonchev–Trinajstić information content (AvgIpc) is 2.65. The summed E-state index contributed by atoms with van der Waals surface area (Å²) in [5.41, 5.74) is 1.63. The Morgan fingerprint density at radius 3 is 2.58 bits per heavy atom. The van der Waals surface area contributed by atoms with E-state index in [1.54, 1.807) is 26.1 Å². The van der Waals surface area contributed by atoms with E-state index in [1.807, 2.05) is 13.0 Å². The van der Waals surface area contributed by atoms with Crippen molar-refractivity contribution >= 4 is 21.7 Å². The molecule has 0 saturated heterocycles. The summed E-state index contributed by atoms with van der Waals surface area (Å²) in [6.07, 6.45) is 1.32. The third-order valence-electron chi connectivity index (χ3n) is 2.61. The van der Waals surface area contributed by atoms with Crippen molar-refractivity contribution in [1.82, 2.24) is 9.55 Å². The molecule has 1 heterocycles. The molecule has 0 amide bonds. The van der Waals surface area contributed by atoms with Gasteiger partial charge in [-0.1, -0.05) is 23.7 Å². The second kappa shape index (κ2) is 4.86. The monoisotopic (exact) mass is 300 g/mol. The minimum Gasteiger partial charge on any atom is -0.378 e. The van der Waals surface area contributed by atoms with Crippen molar-refractivity contribution in [3.05, 3.63) is 40.8 Å². The van der Waals surface area contributed by atoms with Crippen LogP contribution in [0.5, 0.6) is 5.75 Å². The number of hydrogen-bond donors (Lipinski definition) is 0. The van der Waals surface area contributed by atoms with Crippen LogP contribution in [0.25, 0.3) is 0 Å². The Kier molecular flexibility index (Phi) is 3.56. The molecular formula is C12H13ClN2O3S. The van der Waals surface area contributed by atoms with E-state index in [4.69, 9.17) is 15.8 Å². The zero-order valence-electron chi connectivity index (χ0n) is 10.7. The molecule has 0 saturated carbocycles. The van der Waals surface area contributed by atoms with Gasteiger partial charge in [-0.3, -0.25) is 0 Å². The van der Waals surface area contributed by atoms with Gasteiger partial charge >= 0.3 is 10.1 Å². The molecule has 0 aliphatic heterocycles. The molecule has 2 rings (SSSR count). The Hall–Kier alpha value is -1.53. The van der Waals surface area contributed by atoms with Crippen LogP contribution in [0.15, 0.2) is 29.6 Å². The van der Waals surface area contributed by atoms with Gasteiger partial charge in [-0.2, -0.15) is 8.42 Å². The summed E-state index contributed by atoms with van der Waals surface area (Å²) < 4.78 is 30.7. The maximum Gasteiger partial charge on any atom is 0.360 e. The van der Waals surface area contributed by atoms with E-state index in [1.165, 1.54) is 10.9 Å². The van der Waals surface area contributed by atoms with E-state index in [-0.39, 0.29) is 15.9 Å². The van der Waals surface area contributed by atoms with Crippen LogP contribution in [0, 0.1) is 13.8 Å². The van der Waals surface area contributed by atoms with Gasteiger partial charge in [0.1, 0.15) is 5.75 Å². The van der Waals surface area contributed by atoms with Crippen LogP contribution in [-0.4, -0.2) is 18.0 Å². The van der Waals surface area contributed by atoms with E-state index in [2.05, 4.69) is 4.98 Å². The van der Waals surface area contributed by atoms with E-state index in [0.29, 0.717) is 0 Å². The van der Waals surface area contributed by atoms with Gasteiger partial charge in [0.2, 0.25) is 5.03 Å². The Labute approximate surface area is 116 Å². The topological polar surface area (TPSA) is 61.2 Å². The normalized spacial score (nSPS) is 11.6. The van der Waals surface area contributed by atoms with Crippen LogP contribution in [0.4, 0.5) is 0 Å². The Morgan fingerprint density at radius 2 is 2.00 bits per heavy atom. The molecule has 0 unspecified atom stereocenters. The maximum absolute atomic E-state index is 12.1. The van der Waals surface area contributed by atoms with Crippen LogP contribution in [0.2, 0.25) is 5.15 Å². The SMILES string of the molecule is Cc1ccc(C)c(OS(=O)(=O)c2ncn(C)c2Cl)c1. The number of rotatable bonds is 3. The standard InChI is InChI=1S/C12H13ClN2O3S/c1-8-4-5-9(2)10(6-8)18-19(16,17)12-11(13)15(3)7-14-12/h4-7H,1-3H3. The lowest BCUT2D eigenvalue weighted by Crippen LogP contribution is -2.11. The first-order chi connectivity index (χ1) is 8.81. The van der Waals surface area contributed by atoms with Gasteiger partial charge < -0.3 is 8.75 Å². The molecule has 0 aliphatic rings. The highest BCUT2D eigenvalue weighted by Gasteiger charge is 2.25. The lowest BCUT2D eigenvalue weighted by Gasteiger charge is -2.08. The average molecular weight is 301 g/mol. The minimum absolute atomic E-state index is 0.0188. The molecule has 7 heteroatoms. The second-order valence-electron chi connectivity index (χ2n) is 4.26. The predicted octanol–water partition coefficient (Wildman–Crippen LogP) is 2.46. The Balaban J connectivity index is 2.42. The molecule has 1 aromatic heterocycles. The van der Waals surface area contributed by atoms with Crippen LogP contribution in [-0.2, 0) is 17.2 Å². The van der Waals surface area contributed by atoms with Crippen molar-refractivity contribution in [2.24, 2.45) is 7.05 Å². The van der Waals surface area contributed by atoms with Gasteiger partial charge in [-0.15, -0.1) is 0 Å². The van der Waals surface area contributed by atoms with E-state index < -0.39 is 10.1 Å². The fourth-order valence-electron chi connectivity index (χ4n) is 1.52. The number of benzene rings is 1. The molecule has 5 nitrogen and oxygen atoms in total. The summed E-state index contributed by atoms with van der Waals surface area (Å²) in [6.45, 7) is 3.62. The van der Waals surface area contributed by atoms with Gasteiger partial charge in [0, 0.05) is 7.05 Å². The zero-order valence-corrected chi connectivity index (χ0v) is 12.3. The summed E-state index contributed by atoms with van der Waals surface area (Å²) in [4.78, 5) is 3.75. The van der Waals surface area contributed by atoms with Gasteiger partial charge in [0.25, 0.3) is 0 Å². The fraction of sp³-hybridized carbons (Fsp3) is 0.250.